The van der Waals surface area contributed by atoms with E-state index in [0.717, 1.165) is 16.9 Å². The third-order valence-electron chi connectivity index (χ3n) is 3.42. The Kier molecular flexibility index (Phi) is 4.99. The lowest BCUT2D eigenvalue weighted by atomic mass is 10.1. The lowest BCUT2D eigenvalue weighted by Crippen LogP contribution is -2.37. The van der Waals surface area contributed by atoms with Crippen molar-refractivity contribution in [3.05, 3.63) is 65.7 Å². The normalized spacial score (nSPS) is 13.3. The maximum atomic E-state index is 12.2. The van der Waals surface area contributed by atoms with Gasteiger partial charge in [0, 0.05) is 0 Å². The van der Waals surface area contributed by atoms with Gasteiger partial charge >= 0.3 is 0 Å². The summed E-state index contributed by atoms with van der Waals surface area (Å²) in [7, 11) is 0. The zero-order valence-corrected chi connectivity index (χ0v) is 12.7. The Morgan fingerprint density at radius 1 is 1.00 bits per heavy atom. The van der Waals surface area contributed by atoms with Crippen LogP contribution in [0.25, 0.3) is 0 Å². The predicted molar refractivity (Wildman–Crippen MR) is 84.3 cm³/mol. The summed E-state index contributed by atoms with van der Waals surface area (Å²) in [6.07, 6.45) is -0.530. The lowest BCUT2D eigenvalue weighted by Gasteiger charge is -2.19. The van der Waals surface area contributed by atoms with E-state index in [-0.39, 0.29) is 11.9 Å². The largest absolute Gasteiger partial charge is 0.481 e. The van der Waals surface area contributed by atoms with Crippen LogP contribution in [0.15, 0.2) is 54.6 Å². The van der Waals surface area contributed by atoms with E-state index in [1.54, 1.807) is 6.92 Å². The van der Waals surface area contributed by atoms with Crippen LogP contribution in [-0.4, -0.2) is 12.0 Å². The van der Waals surface area contributed by atoms with Gasteiger partial charge in [0.25, 0.3) is 5.91 Å². The summed E-state index contributed by atoms with van der Waals surface area (Å²) in [5.41, 5.74) is 2.10. The standard InChI is InChI=1S/C18H21NO2/c1-13-9-7-8-12-17(13)21-15(3)18(20)19-14(2)16-10-5-4-6-11-16/h4-12,14-15H,1-3H3,(H,19,20)/t14-,15-/m1/s1. The first-order valence-electron chi connectivity index (χ1n) is 7.15. The molecule has 0 saturated carbocycles. The molecule has 3 nitrogen and oxygen atoms in total. The van der Waals surface area contributed by atoms with Gasteiger partial charge in [-0.05, 0) is 38.0 Å². The fourth-order valence-electron chi connectivity index (χ4n) is 2.09. The van der Waals surface area contributed by atoms with Crippen LogP contribution < -0.4 is 10.1 Å². The van der Waals surface area contributed by atoms with Crippen molar-refractivity contribution < 1.29 is 9.53 Å². The van der Waals surface area contributed by atoms with Crippen LogP contribution in [0.2, 0.25) is 0 Å². The van der Waals surface area contributed by atoms with Crippen LogP contribution in [0, 0.1) is 6.92 Å². The van der Waals surface area contributed by atoms with Gasteiger partial charge in [-0.2, -0.15) is 0 Å². The molecule has 0 aromatic heterocycles. The molecule has 0 spiro atoms. The molecule has 2 atom stereocenters. The maximum Gasteiger partial charge on any atom is 0.261 e. The highest BCUT2D eigenvalue weighted by Gasteiger charge is 2.18. The summed E-state index contributed by atoms with van der Waals surface area (Å²) in [4.78, 5) is 12.2. The van der Waals surface area contributed by atoms with E-state index in [2.05, 4.69) is 5.32 Å². The van der Waals surface area contributed by atoms with Gasteiger partial charge in [0.2, 0.25) is 0 Å². The first-order valence-corrected chi connectivity index (χ1v) is 7.15. The van der Waals surface area contributed by atoms with Crippen molar-refractivity contribution in [3.63, 3.8) is 0 Å². The fraction of sp³-hybridized carbons (Fsp3) is 0.278. The van der Waals surface area contributed by atoms with Crippen LogP contribution in [-0.2, 0) is 4.79 Å². The number of ether oxygens (including phenoxy) is 1. The Labute approximate surface area is 126 Å². The maximum absolute atomic E-state index is 12.2. The quantitative estimate of drug-likeness (QED) is 0.909. The first-order chi connectivity index (χ1) is 10.1. The number of aryl methyl sites for hydroxylation is 1. The second-order valence-electron chi connectivity index (χ2n) is 5.17. The number of amides is 1. The molecule has 0 radical (unpaired) electrons. The van der Waals surface area contributed by atoms with E-state index in [9.17, 15) is 4.79 Å². The van der Waals surface area contributed by atoms with Gasteiger partial charge in [0.15, 0.2) is 6.10 Å². The molecule has 0 aliphatic heterocycles. The van der Waals surface area contributed by atoms with Gasteiger partial charge in [0.05, 0.1) is 6.04 Å². The highest BCUT2D eigenvalue weighted by molar-refractivity contribution is 5.81. The zero-order valence-electron chi connectivity index (χ0n) is 12.7. The Bertz CT molecular complexity index is 595. The molecule has 1 amide bonds. The SMILES string of the molecule is Cc1ccccc1O[C@H](C)C(=O)N[C@H](C)c1ccccc1. The molecule has 2 aromatic rings. The van der Waals surface area contributed by atoms with Crippen molar-refractivity contribution in [2.24, 2.45) is 0 Å². The van der Waals surface area contributed by atoms with E-state index < -0.39 is 6.10 Å². The van der Waals surface area contributed by atoms with E-state index in [1.807, 2.05) is 68.4 Å². The number of carbonyl (C=O) groups excluding carboxylic acids is 1. The van der Waals surface area contributed by atoms with Gasteiger partial charge in [-0.15, -0.1) is 0 Å². The highest BCUT2D eigenvalue weighted by Crippen LogP contribution is 2.18. The van der Waals surface area contributed by atoms with Crippen LogP contribution in [0.5, 0.6) is 5.75 Å². The van der Waals surface area contributed by atoms with Crippen molar-refractivity contribution in [3.8, 4) is 5.75 Å². The summed E-state index contributed by atoms with van der Waals surface area (Å²) in [6, 6.07) is 17.5. The minimum Gasteiger partial charge on any atom is -0.481 e. The van der Waals surface area contributed by atoms with Gasteiger partial charge in [0.1, 0.15) is 5.75 Å². The number of hydrogen-bond donors (Lipinski definition) is 1. The Hall–Kier alpha value is -2.29. The topological polar surface area (TPSA) is 38.3 Å². The molecule has 0 aliphatic carbocycles. The van der Waals surface area contributed by atoms with Gasteiger partial charge in [-0.3, -0.25) is 4.79 Å². The molecule has 2 aromatic carbocycles. The molecule has 21 heavy (non-hydrogen) atoms. The predicted octanol–water partition coefficient (Wildman–Crippen LogP) is 3.64. The molecule has 3 heteroatoms. The van der Waals surface area contributed by atoms with Crippen molar-refractivity contribution >= 4 is 5.91 Å². The van der Waals surface area contributed by atoms with Crippen molar-refractivity contribution in [1.29, 1.82) is 0 Å². The Balaban J connectivity index is 1.95. The van der Waals surface area contributed by atoms with Crippen LogP contribution in [0.1, 0.15) is 31.0 Å². The van der Waals surface area contributed by atoms with Gasteiger partial charge < -0.3 is 10.1 Å². The molecule has 1 N–H and O–H groups in total. The third kappa shape index (κ3) is 4.09. The summed E-state index contributed by atoms with van der Waals surface area (Å²) in [6.45, 7) is 5.69. The van der Waals surface area contributed by atoms with Crippen LogP contribution in [0.4, 0.5) is 0 Å². The minimum atomic E-state index is -0.530. The average molecular weight is 283 g/mol. The number of benzene rings is 2. The van der Waals surface area contributed by atoms with E-state index in [1.165, 1.54) is 0 Å². The number of nitrogens with one attached hydrogen (secondary N) is 1. The molecule has 0 fully saturated rings. The Morgan fingerprint density at radius 2 is 1.62 bits per heavy atom. The second kappa shape index (κ2) is 6.93. The smallest absolute Gasteiger partial charge is 0.261 e. The van der Waals surface area contributed by atoms with Crippen molar-refractivity contribution in [2.75, 3.05) is 0 Å². The molecule has 0 unspecified atom stereocenters. The highest BCUT2D eigenvalue weighted by atomic mass is 16.5. The molecule has 0 aliphatic rings. The number of para-hydroxylation sites is 1. The summed E-state index contributed by atoms with van der Waals surface area (Å²) in [5, 5.41) is 2.97. The van der Waals surface area contributed by atoms with E-state index in [4.69, 9.17) is 4.74 Å². The van der Waals surface area contributed by atoms with E-state index >= 15 is 0 Å². The van der Waals surface area contributed by atoms with Crippen LogP contribution in [0.3, 0.4) is 0 Å². The zero-order chi connectivity index (χ0) is 15.2. The molecule has 0 saturated heterocycles. The van der Waals surface area contributed by atoms with Gasteiger partial charge in [-0.25, -0.2) is 0 Å². The van der Waals surface area contributed by atoms with Gasteiger partial charge in [-0.1, -0.05) is 48.5 Å². The third-order valence-corrected chi connectivity index (χ3v) is 3.42. The second-order valence-corrected chi connectivity index (χ2v) is 5.17. The van der Waals surface area contributed by atoms with Crippen molar-refractivity contribution in [1.82, 2.24) is 5.32 Å². The Morgan fingerprint density at radius 3 is 2.29 bits per heavy atom. The summed E-state index contributed by atoms with van der Waals surface area (Å²) in [5.74, 6) is 0.627. The molecule has 0 bridgehead atoms. The van der Waals surface area contributed by atoms with Crippen LogP contribution >= 0.6 is 0 Å². The molecule has 0 heterocycles. The lowest BCUT2D eigenvalue weighted by molar-refractivity contribution is -0.127. The number of rotatable bonds is 5. The minimum absolute atomic E-state index is 0.0402. The molecular formula is C18H21NO2. The molecule has 2 rings (SSSR count). The monoisotopic (exact) mass is 283 g/mol. The first kappa shape index (κ1) is 15.1. The fourth-order valence-corrected chi connectivity index (χ4v) is 2.09. The molecular weight excluding hydrogens is 262 g/mol. The number of hydrogen-bond acceptors (Lipinski definition) is 2. The molecule has 110 valence electrons. The number of carbonyl (C=O) groups is 1. The summed E-state index contributed by atoms with van der Waals surface area (Å²) < 4.78 is 5.73. The van der Waals surface area contributed by atoms with E-state index in [0.29, 0.717) is 0 Å². The summed E-state index contributed by atoms with van der Waals surface area (Å²) >= 11 is 0. The van der Waals surface area contributed by atoms with Crippen molar-refractivity contribution in [2.45, 2.75) is 32.9 Å². The average Bonchev–Trinajstić information content (AvgIpc) is 2.50.